The average Bonchev–Trinajstić information content (AvgIpc) is 3.14. The number of rotatable bonds is 4. The summed E-state index contributed by atoms with van der Waals surface area (Å²) in [5.74, 6) is 0. The maximum atomic E-state index is 12.5. The molecule has 8 heteroatoms. The molecule has 26 heavy (non-hydrogen) atoms. The smallest absolute Gasteiger partial charge is 0.214 e. The molecule has 0 amide bonds. The normalized spacial score (nSPS) is 12.2. The maximum Gasteiger partial charge on any atom is 0.214 e. The number of aromatic nitrogens is 2. The summed E-state index contributed by atoms with van der Waals surface area (Å²) in [5, 5.41) is 3.70. The Morgan fingerprint density at radius 1 is 1.00 bits per heavy atom. The van der Waals surface area contributed by atoms with Crippen molar-refractivity contribution in [3.05, 3.63) is 71.0 Å². The summed E-state index contributed by atoms with van der Waals surface area (Å²) in [6.07, 6.45) is 1.42. The highest BCUT2D eigenvalue weighted by Crippen LogP contribution is 2.35. The Balaban J connectivity index is 1.75. The lowest BCUT2D eigenvalue weighted by Crippen LogP contribution is -2.04. The number of halogens is 2. The molecule has 0 aliphatic heterocycles. The van der Waals surface area contributed by atoms with Crippen molar-refractivity contribution in [2.45, 2.75) is 4.90 Å². The van der Waals surface area contributed by atoms with Crippen molar-refractivity contribution in [1.29, 1.82) is 0 Å². The molecule has 0 fully saturated rings. The third kappa shape index (κ3) is 3.46. The van der Waals surface area contributed by atoms with Crippen LogP contribution in [0.5, 0.6) is 0 Å². The van der Waals surface area contributed by atoms with E-state index < -0.39 is 11.0 Å². The Kier molecular flexibility index (Phi) is 4.91. The Hall–Kier alpha value is -1.99. The van der Waals surface area contributed by atoms with Crippen molar-refractivity contribution >= 4 is 61.6 Å². The molecule has 1 aromatic heterocycles. The van der Waals surface area contributed by atoms with E-state index in [9.17, 15) is 4.21 Å². The molecule has 0 radical (unpaired) electrons. The predicted molar refractivity (Wildman–Crippen MR) is 109 cm³/mol. The summed E-state index contributed by atoms with van der Waals surface area (Å²) in [6.45, 7) is 0. The molecular formula is C18H11Cl2N3OS2. The van der Waals surface area contributed by atoms with Gasteiger partial charge < -0.3 is 0 Å². The molecule has 0 aliphatic rings. The highest BCUT2D eigenvalue weighted by Gasteiger charge is 2.11. The van der Waals surface area contributed by atoms with Gasteiger partial charge >= 0.3 is 0 Å². The molecule has 130 valence electrons. The zero-order chi connectivity index (χ0) is 18.1. The van der Waals surface area contributed by atoms with Crippen molar-refractivity contribution in [3.8, 4) is 11.1 Å². The first kappa shape index (κ1) is 17.4. The van der Waals surface area contributed by atoms with Crippen LogP contribution in [0.1, 0.15) is 0 Å². The van der Waals surface area contributed by atoms with E-state index in [-0.39, 0.29) is 0 Å². The fraction of sp³-hybridized carbons (Fsp3) is 0. The quantitative estimate of drug-likeness (QED) is 0.454. The minimum absolute atomic E-state index is 0.519. The van der Waals surface area contributed by atoms with Crippen LogP contribution in [0.25, 0.3) is 21.9 Å². The molecule has 1 unspecified atom stereocenters. The Morgan fingerprint density at radius 2 is 1.88 bits per heavy atom. The van der Waals surface area contributed by atoms with Crippen LogP contribution >= 0.6 is 34.7 Å². The summed E-state index contributed by atoms with van der Waals surface area (Å²) in [6, 6.07) is 17.1. The molecule has 4 nitrogen and oxygen atoms in total. The van der Waals surface area contributed by atoms with Crippen molar-refractivity contribution in [2.75, 3.05) is 4.72 Å². The second-order valence-corrected chi connectivity index (χ2v) is 8.27. The van der Waals surface area contributed by atoms with Crippen LogP contribution in [0.3, 0.4) is 0 Å². The average molecular weight is 420 g/mol. The lowest BCUT2D eigenvalue weighted by atomic mass is 9.98. The van der Waals surface area contributed by atoms with Crippen LogP contribution in [0.15, 0.2) is 65.8 Å². The molecule has 0 saturated carbocycles. The van der Waals surface area contributed by atoms with E-state index in [1.165, 1.54) is 6.33 Å². The van der Waals surface area contributed by atoms with Crippen LogP contribution in [-0.2, 0) is 11.0 Å². The van der Waals surface area contributed by atoms with E-state index in [0.717, 1.165) is 33.4 Å². The molecule has 0 spiro atoms. The zero-order valence-corrected chi connectivity index (χ0v) is 16.3. The third-order valence-corrected chi connectivity index (χ3v) is 6.15. The Bertz CT molecular complexity index is 1120. The van der Waals surface area contributed by atoms with Gasteiger partial charge in [-0.15, -0.1) is 0 Å². The molecule has 1 heterocycles. The van der Waals surface area contributed by atoms with Gasteiger partial charge in [0, 0.05) is 27.1 Å². The van der Waals surface area contributed by atoms with Gasteiger partial charge in [0.05, 0.1) is 4.90 Å². The fourth-order valence-corrected chi connectivity index (χ4v) is 4.61. The minimum Gasteiger partial charge on any atom is -0.275 e. The number of hydrogen-bond acceptors (Lipinski definition) is 4. The summed E-state index contributed by atoms with van der Waals surface area (Å²) >= 11 is 13.5. The molecule has 0 saturated heterocycles. The second kappa shape index (κ2) is 7.32. The lowest BCUT2D eigenvalue weighted by molar-refractivity contribution is 0.686. The van der Waals surface area contributed by atoms with Crippen LogP contribution in [-0.4, -0.2) is 13.6 Å². The van der Waals surface area contributed by atoms with Crippen molar-refractivity contribution in [1.82, 2.24) is 9.36 Å². The molecule has 3 aromatic carbocycles. The molecule has 0 bridgehead atoms. The van der Waals surface area contributed by atoms with Crippen LogP contribution < -0.4 is 4.72 Å². The number of nitrogens with zero attached hydrogens (tertiary/aromatic N) is 2. The first-order chi connectivity index (χ1) is 12.6. The second-order valence-electron chi connectivity index (χ2n) is 5.43. The first-order valence-corrected chi connectivity index (χ1v) is 10.2. The number of hydrogen-bond donors (Lipinski definition) is 1. The molecule has 1 N–H and O–H groups in total. The van der Waals surface area contributed by atoms with Crippen molar-refractivity contribution < 1.29 is 4.21 Å². The third-order valence-electron chi connectivity index (χ3n) is 3.83. The predicted octanol–water partition coefficient (Wildman–Crippen LogP) is 5.80. The monoisotopic (exact) mass is 419 g/mol. The van der Waals surface area contributed by atoms with Gasteiger partial charge in [0.1, 0.15) is 6.33 Å². The first-order valence-electron chi connectivity index (χ1n) is 7.55. The summed E-state index contributed by atoms with van der Waals surface area (Å²) in [5.41, 5.74) is 1.90. The summed E-state index contributed by atoms with van der Waals surface area (Å²) in [7, 11) is -1.41. The van der Waals surface area contributed by atoms with Crippen molar-refractivity contribution in [3.63, 3.8) is 0 Å². The van der Waals surface area contributed by atoms with Crippen LogP contribution in [0, 0.1) is 0 Å². The van der Waals surface area contributed by atoms with Gasteiger partial charge in [-0.1, -0.05) is 53.5 Å². The highest BCUT2D eigenvalue weighted by molar-refractivity contribution is 7.86. The Labute approximate surface area is 166 Å². The summed E-state index contributed by atoms with van der Waals surface area (Å²) < 4.78 is 19.2. The maximum absolute atomic E-state index is 12.5. The standard InChI is InChI=1S/C18H11Cl2N3OS2/c19-12-4-6-16(17(20)9-12)15-3-1-2-11-8-13(5-7-14(11)15)26(24)23-18-21-10-22-25-18/h1-10H,(H,21,22,23). The SMILES string of the molecule is O=S(Nc1ncns1)c1ccc2c(-c3ccc(Cl)cc3Cl)cccc2c1. The van der Waals surface area contributed by atoms with E-state index in [2.05, 4.69) is 14.1 Å². The molecular weight excluding hydrogens is 409 g/mol. The summed E-state index contributed by atoms with van der Waals surface area (Å²) in [4.78, 5) is 4.65. The van der Waals surface area contributed by atoms with Gasteiger partial charge in [-0.05, 0) is 40.6 Å². The van der Waals surface area contributed by atoms with E-state index in [4.69, 9.17) is 23.2 Å². The van der Waals surface area contributed by atoms with Gasteiger partial charge in [-0.3, -0.25) is 4.72 Å². The molecule has 4 rings (SSSR count). The molecule has 1 atom stereocenters. The van der Waals surface area contributed by atoms with Gasteiger partial charge in [0.2, 0.25) is 5.13 Å². The zero-order valence-electron chi connectivity index (χ0n) is 13.1. The fourth-order valence-electron chi connectivity index (χ4n) is 2.68. The van der Waals surface area contributed by atoms with Crippen molar-refractivity contribution in [2.24, 2.45) is 0 Å². The number of benzene rings is 3. The topological polar surface area (TPSA) is 54.9 Å². The van der Waals surface area contributed by atoms with Gasteiger partial charge in [0.25, 0.3) is 0 Å². The number of nitrogens with one attached hydrogen (secondary N) is 1. The Morgan fingerprint density at radius 3 is 2.65 bits per heavy atom. The molecule has 4 aromatic rings. The van der Waals surface area contributed by atoms with Crippen LogP contribution in [0.4, 0.5) is 5.13 Å². The highest BCUT2D eigenvalue weighted by atomic mass is 35.5. The molecule has 0 aliphatic carbocycles. The number of anilines is 1. The van der Waals surface area contributed by atoms with Crippen LogP contribution in [0.2, 0.25) is 10.0 Å². The minimum atomic E-state index is -1.41. The van der Waals surface area contributed by atoms with E-state index in [1.807, 2.05) is 48.5 Å². The van der Waals surface area contributed by atoms with Gasteiger partial charge in [0.15, 0.2) is 11.0 Å². The van der Waals surface area contributed by atoms with E-state index >= 15 is 0 Å². The largest absolute Gasteiger partial charge is 0.275 e. The van der Waals surface area contributed by atoms with E-state index in [0.29, 0.717) is 20.1 Å². The van der Waals surface area contributed by atoms with Gasteiger partial charge in [-0.2, -0.15) is 4.37 Å². The number of fused-ring (bicyclic) bond motifs is 1. The van der Waals surface area contributed by atoms with Gasteiger partial charge in [-0.25, -0.2) is 9.19 Å². The van der Waals surface area contributed by atoms with E-state index in [1.54, 1.807) is 6.07 Å². The lowest BCUT2D eigenvalue weighted by Gasteiger charge is -2.10.